The molecule has 3 heterocycles. The summed E-state index contributed by atoms with van der Waals surface area (Å²) < 4.78 is 0.930. The minimum Gasteiger partial charge on any atom is -0.383 e. The number of aromatic nitrogens is 3. The molecule has 1 amide bonds. The minimum absolute atomic E-state index is 0.104. The normalized spacial score (nSPS) is 18.2. The number of nitrogens with two attached hydrogens (primary N) is 1. The molecule has 21 heavy (non-hydrogen) atoms. The molecule has 3 N–H and O–H groups in total. The van der Waals surface area contributed by atoms with Crippen molar-refractivity contribution in [1.29, 1.82) is 0 Å². The van der Waals surface area contributed by atoms with Gasteiger partial charge in [-0.1, -0.05) is 0 Å². The van der Waals surface area contributed by atoms with Crippen molar-refractivity contribution in [2.75, 3.05) is 24.1 Å². The van der Waals surface area contributed by atoms with Gasteiger partial charge < -0.3 is 16.0 Å². The predicted molar refractivity (Wildman–Crippen MR) is 88.7 cm³/mol. The first-order valence-electron chi connectivity index (χ1n) is 6.63. The second-order valence-corrected chi connectivity index (χ2v) is 6.20. The zero-order valence-corrected chi connectivity index (χ0v) is 13.7. The van der Waals surface area contributed by atoms with Crippen LogP contribution in [-0.4, -0.2) is 44.9 Å². The van der Waals surface area contributed by atoms with Crippen LogP contribution >= 0.6 is 22.6 Å². The quantitative estimate of drug-likeness (QED) is 0.740. The van der Waals surface area contributed by atoms with Crippen molar-refractivity contribution in [2.24, 2.45) is 0 Å². The zero-order chi connectivity index (χ0) is 15.0. The summed E-state index contributed by atoms with van der Waals surface area (Å²) in [6.45, 7) is 3.05. The van der Waals surface area contributed by atoms with E-state index in [2.05, 4.69) is 42.9 Å². The highest BCUT2D eigenvalue weighted by molar-refractivity contribution is 14.1. The van der Waals surface area contributed by atoms with Gasteiger partial charge in [-0.3, -0.25) is 4.79 Å². The summed E-state index contributed by atoms with van der Waals surface area (Å²) >= 11 is 2.18. The summed E-state index contributed by atoms with van der Waals surface area (Å²) in [6, 6.07) is 0.184. The molecule has 0 aliphatic carbocycles. The van der Waals surface area contributed by atoms with Crippen LogP contribution in [0.25, 0.3) is 10.9 Å². The SMILES string of the molecule is CC(=O)N1CCC(Nc2ncc3c(N)ncc(I)c3n2)C1. The molecular formula is C13H15IN6O. The number of halogens is 1. The maximum Gasteiger partial charge on any atom is 0.223 e. The first-order chi connectivity index (χ1) is 10.0. The maximum atomic E-state index is 11.3. The lowest BCUT2D eigenvalue weighted by molar-refractivity contribution is -0.127. The number of fused-ring (bicyclic) bond motifs is 1. The number of hydrogen-bond donors (Lipinski definition) is 2. The van der Waals surface area contributed by atoms with Gasteiger partial charge in [0, 0.05) is 38.4 Å². The topological polar surface area (TPSA) is 97.0 Å². The van der Waals surface area contributed by atoms with Crippen molar-refractivity contribution in [1.82, 2.24) is 19.9 Å². The highest BCUT2D eigenvalue weighted by Gasteiger charge is 2.24. The number of nitrogen functional groups attached to an aromatic ring is 1. The average molecular weight is 398 g/mol. The Labute approximate surface area is 135 Å². The van der Waals surface area contributed by atoms with E-state index >= 15 is 0 Å². The van der Waals surface area contributed by atoms with Crippen molar-refractivity contribution in [2.45, 2.75) is 19.4 Å². The van der Waals surface area contributed by atoms with Crippen LogP contribution in [0.1, 0.15) is 13.3 Å². The van der Waals surface area contributed by atoms with Gasteiger partial charge in [-0.2, -0.15) is 0 Å². The van der Waals surface area contributed by atoms with E-state index in [0.717, 1.165) is 27.4 Å². The number of rotatable bonds is 2. The van der Waals surface area contributed by atoms with Crippen molar-refractivity contribution >= 4 is 51.2 Å². The van der Waals surface area contributed by atoms with E-state index in [9.17, 15) is 4.79 Å². The fourth-order valence-electron chi connectivity index (χ4n) is 2.42. The number of anilines is 2. The Morgan fingerprint density at radius 3 is 3.00 bits per heavy atom. The van der Waals surface area contributed by atoms with E-state index in [4.69, 9.17) is 5.73 Å². The van der Waals surface area contributed by atoms with Crippen LogP contribution < -0.4 is 11.1 Å². The summed E-state index contributed by atoms with van der Waals surface area (Å²) in [7, 11) is 0. The minimum atomic E-state index is 0.104. The molecule has 0 spiro atoms. The van der Waals surface area contributed by atoms with Gasteiger partial charge >= 0.3 is 0 Å². The molecule has 1 unspecified atom stereocenters. The van der Waals surface area contributed by atoms with Crippen molar-refractivity contribution in [3.8, 4) is 0 Å². The van der Waals surface area contributed by atoms with Crippen LogP contribution in [0.2, 0.25) is 0 Å². The smallest absolute Gasteiger partial charge is 0.223 e. The summed E-state index contributed by atoms with van der Waals surface area (Å²) in [4.78, 5) is 26.1. The number of amides is 1. The largest absolute Gasteiger partial charge is 0.383 e. The number of hydrogen-bond acceptors (Lipinski definition) is 6. The third-order valence-corrected chi connectivity index (χ3v) is 4.36. The number of carbonyl (C=O) groups excluding carboxylic acids is 1. The third-order valence-electron chi connectivity index (χ3n) is 3.57. The highest BCUT2D eigenvalue weighted by atomic mass is 127. The van der Waals surface area contributed by atoms with Gasteiger partial charge in [0.1, 0.15) is 5.82 Å². The number of nitrogens with zero attached hydrogens (tertiary/aromatic N) is 4. The lowest BCUT2D eigenvalue weighted by atomic mass is 10.2. The van der Waals surface area contributed by atoms with E-state index < -0.39 is 0 Å². The first-order valence-corrected chi connectivity index (χ1v) is 7.71. The van der Waals surface area contributed by atoms with Crippen LogP contribution in [0, 0.1) is 3.57 Å². The Bertz CT molecular complexity index is 706. The number of carbonyl (C=O) groups is 1. The van der Waals surface area contributed by atoms with Gasteiger partial charge in [0.25, 0.3) is 0 Å². The number of likely N-dealkylation sites (tertiary alicyclic amines) is 1. The van der Waals surface area contributed by atoms with Gasteiger partial charge in [0.05, 0.1) is 14.5 Å². The third kappa shape index (κ3) is 2.85. The van der Waals surface area contributed by atoms with Crippen LogP contribution in [0.15, 0.2) is 12.4 Å². The van der Waals surface area contributed by atoms with Gasteiger partial charge in [-0.25, -0.2) is 15.0 Å². The summed E-state index contributed by atoms with van der Waals surface area (Å²) in [5, 5.41) is 4.04. The van der Waals surface area contributed by atoms with E-state index in [1.165, 1.54) is 0 Å². The fraction of sp³-hybridized carbons (Fsp3) is 0.385. The molecule has 0 bridgehead atoms. The van der Waals surface area contributed by atoms with Gasteiger partial charge in [0.2, 0.25) is 11.9 Å². The molecule has 1 atom stereocenters. The molecule has 8 heteroatoms. The van der Waals surface area contributed by atoms with E-state index in [1.54, 1.807) is 19.3 Å². The van der Waals surface area contributed by atoms with E-state index in [0.29, 0.717) is 18.3 Å². The molecule has 1 aliphatic heterocycles. The molecule has 1 saturated heterocycles. The summed E-state index contributed by atoms with van der Waals surface area (Å²) in [5.74, 6) is 1.09. The molecule has 2 aromatic heterocycles. The molecule has 7 nitrogen and oxygen atoms in total. The first kappa shape index (κ1) is 14.2. The molecule has 2 aromatic rings. The van der Waals surface area contributed by atoms with E-state index in [-0.39, 0.29) is 11.9 Å². The molecule has 110 valence electrons. The van der Waals surface area contributed by atoms with Crippen molar-refractivity contribution < 1.29 is 4.79 Å². The molecular weight excluding hydrogens is 383 g/mol. The molecule has 1 fully saturated rings. The van der Waals surface area contributed by atoms with Crippen molar-refractivity contribution in [3.63, 3.8) is 0 Å². The van der Waals surface area contributed by atoms with Crippen LogP contribution in [-0.2, 0) is 4.79 Å². The lowest BCUT2D eigenvalue weighted by Crippen LogP contribution is -2.30. The second kappa shape index (κ2) is 5.58. The Hall–Kier alpha value is -1.71. The van der Waals surface area contributed by atoms with Gasteiger partial charge in [0.15, 0.2) is 0 Å². The molecule has 0 aromatic carbocycles. The Kier molecular flexibility index (Phi) is 3.79. The Balaban J connectivity index is 1.82. The molecule has 1 aliphatic rings. The monoisotopic (exact) mass is 398 g/mol. The maximum absolute atomic E-state index is 11.3. The van der Waals surface area contributed by atoms with Gasteiger partial charge in [-0.05, 0) is 29.0 Å². The Morgan fingerprint density at radius 1 is 1.48 bits per heavy atom. The zero-order valence-electron chi connectivity index (χ0n) is 11.5. The van der Waals surface area contributed by atoms with Crippen LogP contribution in [0.4, 0.5) is 11.8 Å². The van der Waals surface area contributed by atoms with Crippen molar-refractivity contribution in [3.05, 3.63) is 16.0 Å². The van der Waals surface area contributed by atoms with E-state index in [1.807, 2.05) is 4.90 Å². The fourth-order valence-corrected chi connectivity index (χ4v) is 2.97. The number of nitrogens with one attached hydrogen (secondary N) is 1. The van der Waals surface area contributed by atoms with Crippen LogP contribution in [0.5, 0.6) is 0 Å². The predicted octanol–water partition coefficient (Wildman–Crippen LogP) is 1.24. The summed E-state index contributed by atoms with van der Waals surface area (Å²) in [5.41, 5.74) is 6.62. The molecule has 3 rings (SSSR count). The average Bonchev–Trinajstić information content (AvgIpc) is 2.92. The highest BCUT2D eigenvalue weighted by Crippen LogP contribution is 2.23. The standard InChI is InChI=1S/C13H15IN6O/c1-7(21)20-3-2-8(6-20)18-13-17-4-9-11(19-13)10(14)5-16-12(9)15/h4-5,8H,2-3,6H2,1H3,(H2,15,16)(H,17,18,19). The summed E-state index contributed by atoms with van der Waals surface area (Å²) in [6.07, 6.45) is 4.28. The Morgan fingerprint density at radius 2 is 2.29 bits per heavy atom. The number of pyridine rings is 1. The van der Waals surface area contributed by atoms with Gasteiger partial charge in [-0.15, -0.1) is 0 Å². The van der Waals surface area contributed by atoms with Crippen LogP contribution in [0.3, 0.4) is 0 Å². The molecule has 0 saturated carbocycles. The molecule has 0 radical (unpaired) electrons. The lowest BCUT2D eigenvalue weighted by Gasteiger charge is -2.15. The second-order valence-electron chi connectivity index (χ2n) is 5.04.